The van der Waals surface area contributed by atoms with Crippen molar-refractivity contribution in [3.63, 3.8) is 0 Å². The number of rotatable bonds is 5. The van der Waals surface area contributed by atoms with Crippen LogP contribution in [0.25, 0.3) is 0 Å². The highest BCUT2D eigenvalue weighted by Gasteiger charge is 2.22. The van der Waals surface area contributed by atoms with Crippen LogP contribution in [0, 0.1) is 5.92 Å². The van der Waals surface area contributed by atoms with E-state index in [2.05, 4.69) is 39.9 Å². The molecule has 2 nitrogen and oxygen atoms in total. The number of ether oxygens (including phenoxy) is 1. The van der Waals surface area contributed by atoms with Gasteiger partial charge in [0.1, 0.15) is 0 Å². The van der Waals surface area contributed by atoms with E-state index in [-0.39, 0.29) is 5.54 Å². The number of hydrogen-bond acceptors (Lipinski definition) is 2. The van der Waals surface area contributed by atoms with E-state index in [0.717, 1.165) is 18.9 Å². The standard InChI is InChI=1S/C15H31NO/c1-6-13(11-16-15(3,4)5)17-14-9-7-12(2)8-10-14/h12-14,16H,6-11H2,1-5H3. The van der Waals surface area contributed by atoms with Crippen molar-refractivity contribution in [2.24, 2.45) is 5.92 Å². The third-order valence-electron chi connectivity index (χ3n) is 3.66. The van der Waals surface area contributed by atoms with Crippen molar-refractivity contribution in [2.45, 2.75) is 84.5 Å². The summed E-state index contributed by atoms with van der Waals surface area (Å²) in [6.45, 7) is 12.2. The van der Waals surface area contributed by atoms with E-state index < -0.39 is 0 Å². The average molecular weight is 241 g/mol. The van der Waals surface area contributed by atoms with Gasteiger partial charge in [0.2, 0.25) is 0 Å². The Hall–Kier alpha value is -0.0800. The molecule has 0 heterocycles. The first-order chi connectivity index (χ1) is 7.90. The minimum absolute atomic E-state index is 0.192. The van der Waals surface area contributed by atoms with Crippen LogP contribution in [0.15, 0.2) is 0 Å². The van der Waals surface area contributed by atoms with Crippen molar-refractivity contribution in [1.29, 1.82) is 0 Å². The second-order valence-corrected chi connectivity index (χ2v) is 6.68. The molecule has 0 spiro atoms. The van der Waals surface area contributed by atoms with Crippen LogP contribution in [0.2, 0.25) is 0 Å². The molecule has 1 fully saturated rings. The fourth-order valence-electron chi connectivity index (χ4n) is 2.35. The highest BCUT2D eigenvalue weighted by atomic mass is 16.5. The highest BCUT2D eigenvalue weighted by Crippen LogP contribution is 2.26. The van der Waals surface area contributed by atoms with E-state index in [9.17, 15) is 0 Å². The third kappa shape index (κ3) is 6.42. The Labute approximate surface area is 108 Å². The van der Waals surface area contributed by atoms with Crippen LogP contribution in [0.3, 0.4) is 0 Å². The van der Waals surface area contributed by atoms with Gasteiger partial charge in [-0.3, -0.25) is 0 Å². The van der Waals surface area contributed by atoms with Crippen molar-refractivity contribution in [3.8, 4) is 0 Å². The van der Waals surface area contributed by atoms with Crippen LogP contribution in [-0.2, 0) is 4.74 Å². The van der Waals surface area contributed by atoms with E-state index >= 15 is 0 Å². The van der Waals surface area contributed by atoms with E-state index in [4.69, 9.17) is 4.74 Å². The van der Waals surface area contributed by atoms with E-state index in [0.29, 0.717) is 12.2 Å². The second kappa shape index (κ2) is 6.75. The van der Waals surface area contributed by atoms with Gasteiger partial charge >= 0.3 is 0 Å². The molecule has 1 unspecified atom stereocenters. The number of hydrogen-bond donors (Lipinski definition) is 1. The summed E-state index contributed by atoms with van der Waals surface area (Å²) in [6, 6.07) is 0. The first kappa shape index (κ1) is 15.0. The Morgan fingerprint density at radius 3 is 2.24 bits per heavy atom. The fraction of sp³-hybridized carbons (Fsp3) is 1.00. The van der Waals surface area contributed by atoms with E-state index in [1.165, 1.54) is 25.7 Å². The van der Waals surface area contributed by atoms with Crippen LogP contribution >= 0.6 is 0 Å². The molecule has 0 aromatic carbocycles. The Morgan fingerprint density at radius 1 is 1.18 bits per heavy atom. The molecule has 0 amide bonds. The molecule has 102 valence electrons. The second-order valence-electron chi connectivity index (χ2n) is 6.68. The molecular weight excluding hydrogens is 210 g/mol. The fourth-order valence-corrected chi connectivity index (χ4v) is 2.35. The summed E-state index contributed by atoms with van der Waals surface area (Å²) in [5.74, 6) is 0.905. The zero-order valence-corrected chi connectivity index (χ0v) is 12.4. The molecule has 1 saturated carbocycles. The summed E-state index contributed by atoms with van der Waals surface area (Å²) >= 11 is 0. The summed E-state index contributed by atoms with van der Waals surface area (Å²) in [5.41, 5.74) is 0.192. The molecule has 17 heavy (non-hydrogen) atoms. The SMILES string of the molecule is CCC(CNC(C)(C)C)OC1CCC(C)CC1. The van der Waals surface area contributed by atoms with Gasteiger partial charge in [-0.15, -0.1) is 0 Å². The van der Waals surface area contributed by atoms with Crippen molar-refractivity contribution >= 4 is 0 Å². The topological polar surface area (TPSA) is 21.3 Å². The molecular formula is C15H31NO. The smallest absolute Gasteiger partial charge is 0.0700 e. The lowest BCUT2D eigenvalue weighted by molar-refractivity contribution is -0.0378. The molecule has 0 aliphatic heterocycles. The van der Waals surface area contributed by atoms with Gasteiger partial charge in [-0.25, -0.2) is 0 Å². The lowest BCUT2D eigenvalue weighted by atomic mass is 9.89. The van der Waals surface area contributed by atoms with E-state index in [1.807, 2.05) is 0 Å². The van der Waals surface area contributed by atoms with Gasteiger partial charge in [0.05, 0.1) is 12.2 Å². The predicted molar refractivity (Wildman–Crippen MR) is 74.3 cm³/mol. The van der Waals surface area contributed by atoms with Crippen molar-refractivity contribution < 1.29 is 4.74 Å². The Bertz CT molecular complexity index is 201. The van der Waals surface area contributed by atoms with Crippen molar-refractivity contribution in [1.82, 2.24) is 5.32 Å². The minimum Gasteiger partial charge on any atom is -0.374 e. The maximum atomic E-state index is 6.22. The summed E-state index contributed by atoms with van der Waals surface area (Å²) in [7, 11) is 0. The molecule has 1 aliphatic carbocycles. The van der Waals surface area contributed by atoms with Crippen molar-refractivity contribution in [3.05, 3.63) is 0 Å². The molecule has 0 aromatic rings. The van der Waals surface area contributed by atoms with Gasteiger partial charge in [-0.1, -0.05) is 13.8 Å². The monoisotopic (exact) mass is 241 g/mol. The van der Waals surface area contributed by atoms with Gasteiger partial charge in [0, 0.05) is 12.1 Å². The summed E-state index contributed by atoms with van der Waals surface area (Å²) in [6.07, 6.45) is 7.20. The molecule has 0 saturated heterocycles. The zero-order valence-electron chi connectivity index (χ0n) is 12.4. The van der Waals surface area contributed by atoms with Crippen LogP contribution < -0.4 is 5.32 Å². The van der Waals surface area contributed by atoms with Gasteiger partial charge in [-0.05, 0) is 58.8 Å². The van der Waals surface area contributed by atoms with Gasteiger partial charge in [0.15, 0.2) is 0 Å². The maximum Gasteiger partial charge on any atom is 0.0700 e. The molecule has 0 aromatic heterocycles. The van der Waals surface area contributed by atoms with Crippen LogP contribution in [0.5, 0.6) is 0 Å². The normalized spacial score (nSPS) is 28.1. The average Bonchev–Trinajstić information content (AvgIpc) is 2.25. The molecule has 0 radical (unpaired) electrons. The van der Waals surface area contributed by atoms with Crippen LogP contribution in [0.1, 0.15) is 66.7 Å². The molecule has 1 rings (SSSR count). The molecule has 0 bridgehead atoms. The van der Waals surface area contributed by atoms with Gasteiger partial charge < -0.3 is 10.1 Å². The minimum atomic E-state index is 0.192. The van der Waals surface area contributed by atoms with Crippen LogP contribution in [-0.4, -0.2) is 24.3 Å². The Balaban J connectivity index is 2.26. The van der Waals surface area contributed by atoms with Gasteiger partial charge in [-0.2, -0.15) is 0 Å². The quantitative estimate of drug-likeness (QED) is 0.791. The van der Waals surface area contributed by atoms with Crippen molar-refractivity contribution in [2.75, 3.05) is 6.54 Å². The number of nitrogens with one attached hydrogen (secondary N) is 1. The summed E-state index contributed by atoms with van der Waals surface area (Å²) < 4.78 is 6.22. The van der Waals surface area contributed by atoms with E-state index in [1.54, 1.807) is 0 Å². The maximum absolute atomic E-state index is 6.22. The highest BCUT2D eigenvalue weighted by molar-refractivity contribution is 4.76. The molecule has 1 atom stereocenters. The zero-order chi connectivity index (χ0) is 12.9. The molecule has 2 heteroatoms. The lowest BCUT2D eigenvalue weighted by Gasteiger charge is -2.31. The first-order valence-electron chi connectivity index (χ1n) is 7.31. The Morgan fingerprint density at radius 2 is 1.76 bits per heavy atom. The first-order valence-corrected chi connectivity index (χ1v) is 7.31. The molecule has 1 aliphatic rings. The van der Waals surface area contributed by atoms with Crippen LogP contribution in [0.4, 0.5) is 0 Å². The predicted octanol–water partition coefficient (Wildman–Crippen LogP) is 3.75. The molecule has 1 N–H and O–H groups in total. The third-order valence-corrected chi connectivity index (χ3v) is 3.66. The largest absolute Gasteiger partial charge is 0.374 e. The summed E-state index contributed by atoms with van der Waals surface area (Å²) in [5, 5.41) is 3.55. The lowest BCUT2D eigenvalue weighted by Crippen LogP contribution is -2.42. The Kier molecular flexibility index (Phi) is 5.94. The summed E-state index contributed by atoms with van der Waals surface area (Å²) in [4.78, 5) is 0. The van der Waals surface area contributed by atoms with Gasteiger partial charge in [0.25, 0.3) is 0 Å².